The van der Waals surface area contributed by atoms with E-state index < -0.39 is 0 Å². The van der Waals surface area contributed by atoms with Gasteiger partial charge in [0.25, 0.3) is 0 Å². The summed E-state index contributed by atoms with van der Waals surface area (Å²) in [6.07, 6.45) is 2.35. The fourth-order valence-corrected chi connectivity index (χ4v) is 3.78. The lowest BCUT2D eigenvalue weighted by Gasteiger charge is -2.23. The quantitative estimate of drug-likeness (QED) is 0.557. The Kier molecular flexibility index (Phi) is 1.78. The van der Waals surface area contributed by atoms with Crippen molar-refractivity contribution >= 4 is 11.8 Å². The smallest absolute Gasteiger partial charge is 0.0638 e. The lowest BCUT2D eigenvalue weighted by atomic mass is 9.97. The molecule has 0 aromatic rings. The Labute approximate surface area is 84.8 Å². The molecule has 0 N–H and O–H groups in total. The Morgan fingerprint density at radius 2 is 1.69 bits per heavy atom. The molecule has 0 aromatic carbocycles. The SMILES string of the molecule is CC1=CC2=C(C)C(C)=C(C)C2(C)S1. The molecule has 0 nitrogen and oxygen atoms in total. The molecule has 1 unspecified atom stereocenters. The largest absolute Gasteiger partial charge is 0.115 e. The second kappa shape index (κ2) is 2.54. The van der Waals surface area contributed by atoms with Crippen LogP contribution in [0, 0.1) is 0 Å². The first kappa shape index (κ1) is 9.14. The zero-order chi connectivity index (χ0) is 9.80. The van der Waals surface area contributed by atoms with E-state index in [1.165, 1.54) is 27.2 Å². The van der Waals surface area contributed by atoms with Crippen LogP contribution in [-0.4, -0.2) is 4.75 Å². The van der Waals surface area contributed by atoms with Crippen LogP contribution in [0.4, 0.5) is 0 Å². The van der Waals surface area contributed by atoms with Crippen LogP contribution in [0.2, 0.25) is 0 Å². The van der Waals surface area contributed by atoms with E-state index in [1.54, 1.807) is 0 Å². The van der Waals surface area contributed by atoms with Gasteiger partial charge in [-0.2, -0.15) is 0 Å². The fraction of sp³-hybridized carbons (Fsp3) is 0.500. The standard InChI is InChI=1S/C12H16S/c1-7-6-11-9(3)8(2)10(4)12(11,5)13-7/h6H,1-5H3. The van der Waals surface area contributed by atoms with E-state index in [2.05, 4.69) is 40.7 Å². The van der Waals surface area contributed by atoms with Crippen molar-refractivity contribution in [2.75, 3.05) is 0 Å². The van der Waals surface area contributed by atoms with Gasteiger partial charge in [-0.05, 0) is 67.9 Å². The first-order chi connectivity index (χ1) is 5.97. The van der Waals surface area contributed by atoms with Gasteiger partial charge < -0.3 is 0 Å². The molecule has 0 aromatic heterocycles. The number of allylic oxidation sites excluding steroid dienone is 4. The summed E-state index contributed by atoms with van der Waals surface area (Å²) in [6.45, 7) is 11.3. The van der Waals surface area contributed by atoms with E-state index >= 15 is 0 Å². The van der Waals surface area contributed by atoms with Crippen molar-refractivity contribution < 1.29 is 0 Å². The van der Waals surface area contributed by atoms with Gasteiger partial charge in [-0.3, -0.25) is 0 Å². The minimum atomic E-state index is 0.262. The summed E-state index contributed by atoms with van der Waals surface area (Å²) in [6, 6.07) is 0. The van der Waals surface area contributed by atoms with E-state index in [1.807, 2.05) is 11.8 Å². The molecule has 70 valence electrons. The average Bonchev–Trinajstić information content (AvgIpc) is 2.44. The first-order valence-corrected chi connectivity index (χ1v) is 5.55. The summed E-state index contributed by atoms with van der Waals surface area (Å²) in [5.74, 6) is 0. The van der Waals surface area contributed by atoms with Gasteiger partial charge in [-0.25, -0.2) is 0 Å². The Hall–Kier alpha value is -0.430. The summed E-state index contributed by atoms with van der Waals surface area (Å²) in [4.78, 5) is 1.45. The van der Waals surface area contributed by atoms with Crippen LogP contribution in [0.3, 0.4) is 0 Å². The van der Waals surface area contributed by atoms with E-state index in [0.717, 1.165) is 0 Å². The number of hydrogen-bond donors (Lipinski definition) is 0. The van der Waals surface area contributed by atoms with E-state index in [4.69, 9.17) is 0 Å². The molecule has 0 bridgehead atoms. The Balaban J connectivity index is 2.61. The molecule has 0 radical (unpaired) electrons. The monoisotopic (exact) mass is 192 g/mol. The predicted octanol–water partition coefficient (Wildman–Crippen LogP) is 4.06. The molecule has 13 heavy (non-hydrogen) atoms. The highest BCUT2D eigenvalue weighted by Gasteiger charge is 2.41. The van der Waals surface area contributed by atoms with Crippen molar-refractivity contribution in [3.8, 4) is 0 Å². The summed E-state index contributed by atoms with van der Waals surface area (Å²) in [5, 5.41) is 0. The van der Waals surface area contributed by atoms with Gasteiger partial charge in [0.05, 0.1) is 4.75 Å². The third kappa shape index (κ3) is 0.999. The van der Waals surface area contributed by atoms with Gasteiger partial charge >= 0.3 is 0 Å². The van der Waals surface area contributed by atoms with Gasteiger partial charge in [0.15, 0.2) is 0 Å². The van der Waals surface area contributed by atoms with Gasteiger partial charge in [0.1, 0.15) is 0 Å². The van der Waals surface area contributed by atoms with Crippen molar-refractivity contribution in [2.24, 2.45) is 0 Å². The molecule has 1 atom stereocenters. The fourth-order valence-electron chi connectivity index (χ4n) is 2.33. The number of hydrogen-bond acceptors (Lipinski definition) is 1. The molecule has 0 spiro atoms. The minimum absolute atomic E-state index is 0.262. The Bertz CT molecular complexity index is 369. The molecule has 1 heteroatoms. The van der Waals surface area contributed by atoms with Gasteiger partial charge in [-0.15, -0.1) is 11.8 Å². The van der Waals surface area contributed by atoms with Crippen molar-refractivity contribution in [2.45, 2.75) is 39.4 Å². The highest BCUT2D eigenvalue weighted by molar-refractivity contribution is 8.05. The van der Waals surface area contributed by atoms with Crippen LogP contribution in [0.1, 0.15) is 34.6 Å². The summed E-state index contributed by atoms with van der Waals surface area (Å²) in [7, 11) is 0. The van der Waals surface area contributed by atoms with Crippen LogP contribution < -0.4 is 0 Å². The van der Waals surface area contributed by atoms with Crippen molar-refractivity contribution in [3.63, 3.8) is 0 Å². The predicted molar refractivity (Wildman–Crippen MR) is 60.8 cm³/mol. The molecular weight excluding hydrogens is 176 g/mol. The van der Waals surface area contributed by atoms with Gasteiger partial charge in [0.2, 0.25) is 0 Å². The maximum absolute atomic E-state index is 2.35. The molecule has 1 aliphatic carbocycles. The minimum Gasteiger partial charge on any atom is -0.115 e. The second-order valence-corrected chi connectivity index (χ2v) is 5.84. The number of thioether (sulfide) groups is 1. The molecule has 0 amide bonds. The molecule has 0 saturated carbocycles. The molecular formula is C12H16S. The van der Waals surface area contributed by atoms with Crippen LogP contribution in [0.15, 0.2) is 33.3 Å². The maximum Gasteiger partial charge on any atom is 0.0638 e. The summed E-state index contributed by atoms with van der Waals surface area (Å²) >= 11 is 2.00. The molecule has 2 aliphatic rings. The second-order valence-electron chi connectivity index (χ2n) is 4.18. The highest BCUT2D eigenvalue weighted by atomic mass is 32.2. The maximum atomic E-state index is 2.35. The summed E-state index contributed by atoms with van der Waals surface area (Å²) in [5.41, 5.74) is 6.06. The lowest BCUT2D eigenvalue weighted by molar-refractivity contribution is 0.912. The Morgan fingerprint density at radius 1 is 1.08 bits per heavy atom. The van der Waals surface area contributed by atoms with Gasteiger partial charge in [-0.1, -0.05) is 0 Å². The molecule has 1 heterocycles. The molecule has 1 aliphatic heterocycles. The van der Waals surface area contributed by atoms with Crippen molar-refractivity contribution in [1.82, 2.24) is 0 Å². The van der Waals surface area contributed by atoms with E-state index in [9.17, 15) is 0 Å². The zero-order valence-electron chi connectivity index (χ0n) is 8.99. The van der Waals surface area contributed by atoms with Crippen LogP contribution in [0.25, 0.3) is 0 Å². The highest BCUT2D eigenvalue weighted by Crippen LogP contribution is 2.56. The Morgan fingerprint density at radius 3 is 2.23 bits per heavy atom. The third-order valence-electron chi connectivity index (χ3n) is 3.47. The molecule has 2 rings (SSSR count). The van der Waals surface area contributed by atoms with Crippen molar-refractivity contribution in [3.05, 3.63) is 33.3 Å². The molecule has 0 fully saturated rings. The number of rotatable bonds is 0. The van der Waals surface area contributed by atoms with Crippen LogP contribution in [-0.2, 0) is 0 Å². The zero-order valence-corrected chi connectivity index (χ0v) is 9.80. The van der Waals surface area contributed by atoms with E-state index in [0.29, 0.717) is 0 Å². The topological polar surface area (TPSA) is 0 Å². The normalized spacial score (nSPS) is 32.8. The summed E-state index contributed by atoms with van der Waals surface area (Å²) < 4.78 is 0.262. The van der Waals surface area contributed by atoms with E-state index in [-0.39, 0.29) is 4.75 Å². The third-order valence-corrected chi connectivity index (χ3v) is 4.85. The lowest BCUT2D eigenvalue weighted by Crippen LogP contribution is -2.17. The van der Waals surface area contributed by atoms with Gasteiger partial charge in [0, 0.05) is 0 Å². The average molecular weight is 192 g/mol. The number of fused-ring (bicyclic) bond motifs is 1. The van der Waals surface area contributed by atoms with Crippen LogP contribution >= 0.6 is 11.8 Å². The van der Waals surface area contributed by atoms with Crippen LogP contribution in [0.5, 0.6) is 0 Å². The van der Waals surface area contributed by atoms with Crippen molar-refractivity contribution in [1.29, 1.82) is 0 Å². The first-order valence-electron chi connectivity index (χ1n) is 4.74. The molecule has 0 saturated heterocycles.